The number of amides is 2. The Labute approximate surface area is 78.9 Å². The van der Waals surface area contributed by atoms with Crippen LogP contribution >= 0.6 is 0 Å². The lowest BCUT2D eigenvalue weighted by Crippen LogP contribution is -2.61. The smallest absolute Gasteiger partial charge is 0.320 e. The van der Waals surface area contributed by atoms with Crippen molar-refractivity contribution in [3.63, 3.8) is 0 Å². The van der Waals surface area contributed by atoms with Gasteiger partial charge in [-0.15, -0.1) is 0 Å². The van der Waals surface area contributed by atoms with Gasteiger partial charge in [-0.1, -0.05) is 0 Å². The summed E-state index contributed by atoms with van der Waals surface area (Å²) in [7, 11) is 0. The van der Waals surface area contributed by atoms with Crippen LogP contribution in [-0.2, 0) is 0 Å². The molecule has 0 unspecified atom stereocenters. The molecule has 2 rings (SSSR count). The number of nitrogens with one attached hydrogen (secondary N) is 1. The van der Waals surface area contributed by atoms with E-state index in [0.717, 1.165) is 39.1 Å². The van der Waals surface area contributed by atoms with E-state index in [9.17, 15) is 4.79 Å². The summed E-state index contributed by atoms with van der Waals surface area (Å²) in [6.45, 7) is 6.61. The zero-order valence-corrected chi connectivity index (χ0v) is 8.12. The summed E-state index contributed by atoms with van der Waals surface area (Å²) in [4.78, 5) is 15.8. The third-order valence-electron chi connectivity index (χ3n) is 2.98. The molecule has 0 spiro atoms. The van der Waals surface area contributed by atoms with Crippen LogP contribution in [0.2, 0.25) is 0 Å². The molecule has 2 saturated heterocycles. The summed E-state index contributed by atoms with van der Waals surface area (Å²) >= 11 is 0. The van der Waals surface area contributed by atoms with Crippen molar-refractivity contribution in [2.75, 3.05) is 32.7 Å². The second-order valence-corrected chi connectivity index (χ2v) is 3.70. The second kappa shape index (κ2) is 3.54. The highest BCUT2D eigenvalue weighted by molar-refractivity contribution is 5.75. The molecule has 1 N–H and O–H groups in total. The van der Waals surface area contributed by atoms with Crippen LogP contribution in [0.3, 0.4) is 0 Å². The molecule has 0 bridgehead atoms. The number of hydrogen-bond acceptors (Lipinski definition) is 2. The molecule has 4 heteroatoms. The molecule has 2 fully saturated rings. The molecule has 0 aromatic rings. The lowest BCUT2D eigenvalue weighted by Gasteiger charge is -2.43. The molecule has 2 amide bonds. The van der Waals surface area contributed by atoms with Gasteiger partial charge in [-0.2, -0.15) is 0 Å². The third kappa shape index (κ3) is 1.50. The van der Waals surface area contributed by atoms with Gasteiger partial charge in [0, 0.05) is 38.8 Å². The van der Waals surface area contributed by atoms with Gasteiger partial charge in [0.2, 0.25) is 0 Å². The Kier molecular flexibility index (Phi) is 2.40. The first-order chi connectivity index (χ1) is 6.33. The SMILES string of the molecule is CCN1CC[C@H]2CNCCN2C1=O. The topological polar surface area (TPSA) is 35.6 Å². The van der Waals surface area contributed by atoms with Crippen LogP contribution in [0.4, 0.5) is 4.79 Å². The van der Waals surface area contributed by atoms with Gasteiger partial charge in [0.15, 0.2) is 0 Å². The van der Waals surface area contributed by atoms with Gasteiger partial charge in [-0.25, -0.2) is 4.79 Å². The molecule has 2 heterocycles. The summed E-state index contributed by atoms with van der Waals surface area (Å²) in [5, 5.41) is 3.32. The fraction of sp³-hybridized carbons (Fsp3) is 0.889. The molecule has 0 saturated carbocycles. The van der Waals surface area contributed by atoms with Gasteiger partial charge in [-0.05, 0) is 13.3 Å². The lowest BCUT2D eigenvalue weighted by molar-refractivity contribution is 0.0880. The third-order valence-corrected chi connectivity index (χ3v) is 2.98. The Bertz CT molecular complexity index is 207. The number of hydrogen-bond donors (Lipinski definition) is 1. The molecular formula is C9H17N3O. The van der Waals surface area contributed by atoms with Crippen molar-refractivity contribution < 1.29 is 4.79 Å². The molecule has 0 aromatic carbocycles. The molecule has 4 nitrogen and oxygen atoms in total. The summed E-state index contributed by atoms with van der Waals surface area (Å²) in [6.07, 6.45) is 1.12. The van der Waals surface area contributed by atoms with Crippen molar-refractivity contribution in [1.29, 1.82) is 0 Å². The van der Waals surface area contributed by atoms with Crippen molar-refractivity contribution in [2.24, 2.45) is 0 Å². The molecule has 2 aliphatic rings. The van der Waals surface area contributed by atoms with Gasteiger partial charge in [-0.3, -0.25) is 0 Å². The molecule has 74 valence electrons. The number of urea groups is 1. The quantitative estimate of drug-likeness (QED) is 0.626. The van der Waals surface area contributed by atoms with E-state index in [1.54, 1.807) is 0 Å². The minimum atomic E-state index is 0.236. The van der Waals surface area contributed by atoms with Gasteiger partial charge in [0.1, 0.15) is 0 Å². The highest BCUT2D eigenvalue weighted by Gasteiger charge is 2.33. The van der Waals surface area contributed by atoms with Crippen LogP contribution < -0.4 is 5.32 Å². The second-order valence-electron chi connectivity index (χ2n) is 3.70. The molecule has 13 heavy (non-hydrogen) atoms. The highest BCUT2D eigenvalue weighted by atomic mass is 16.2. The van der Waals surface area contributed by atoms with E-state index < -0.39 is 0 Å². The molecule has 1 atom stereocenters. The maximum absolute atomic E-state index is 11.8. The Morgan fingerprint density at radius 1 is 1.54 bits per heavy atom. The summed E-state index contributed by atoms with van der Waals surface area (Å²) in [6, 6.07) is 0.685. The average Bonchev–Trinajstić information content (AvgIpc) is 2.19. The van der Waals surface area contributed by atoms with E-state index in [2.05, 4.69) is 5.32 Å². The standard InChI is InChI=1S/C9H17N3O/c1-2-11-5-3-8-7-10-4-6-12(8)9(11)13/h8,10H,2-7H2,1H3/t8-/m0/s1. The first kappa shape index (κ1) is 8.81. The first-order valence-electron chi connectivity index (χ1n) is 5.09. The van der Waals surface area contributed by atoms with Crippen molar-refractivity contribution in [1.82, 2.24) is 15.1 Å². The Morgan fingerprint density at radius 3 is 3.15 bits per heavy atom. The van der Waals surface area contributed by atoms with Crippen molar-refractivity contribution in [3.05, 3.63) is 0 Å². The minimum absolute atomic E-state index is 0.236. The van der Waals surface area contributed by atoms with Crippen molar-refractivity contribution in [3.8, 4) is 0 Å². The van der Waals surface area contributed by atoms with Crippen LogP contribution in [-0.4, -0.2) is 54.6 Å². The highest BCUT2D eigenvalue weighted by Crippen LogP contribution is 2.16. The Hall–Kier alpha value is -0.770. The van der Waals surface area contributed by atoms with E-state index >= 15 is 0 Å². The van der Waals surface area contributed by atoms with Gasteiger partial charge in [0.25, 0.3) is 0 Å². The van der Waals surface area contributed by atoms with Gasteiger partial charge in [0.05, 0.1) is 0 Å². The van der Waals surface area contributed by atoms with Crippen LogP contribution in [0.25, 0.3) is 0 Å². The Balaban J connectivity index is 2.05. The molecule has 0 radical (unpaired) electrons. The number of nitrogens with zero attached hydrogens (tertiary/aromatic N) is 2. The predicted octanol–water partition coefficient (Wildman–Crippen LogP) is 0.106. The zero-order valence-electron chi connectivity index (χ0n) is 8.12. The van der Waals surface area contributed by atoms with Gasteiger partial charge < -0.3 is 15.1 Å². The van der Waals surface area contributed by atoms with E-state index in [1.807, 2.05) is 16.7 Å². The molecular weight excluding hydrogens is 166 g/mol. The fourth-order valence-electron chi connectivity index (χ4n) is 2.15. The first-order valence-corrected chi connectivity index (χ1v) is 5.09. The number of carbonyl (C=O) groups excluding carboxylic acids is 1. The van der Waals surface area contributed by atoms with E-state index in [0.29, 0.717) is 6.04 Å². The maximum Gasteiger partial charge on any atom is 0.320 e. The van der Waals surface area contributed by atoms with Crippen LogP contribution in [0.1, 0.15) is 13.3 Å². The fourth-order valence-corrected chi connectivity index (χ4v) is 2.15. The van der Waals surface area contributed by atoms with Crippen LogP contribution in [0.15, 0.2) is 0 Å². The Morgan fingerprint density at radius 2 is 2.38 bits per heavy atom. The summed E-state index contributed by atoms with van der Waals surface area (Å²) < 4.78 is 0. The van der Waals surface area contributed by atoms with Crippen molar-refractivity contribution in [2.45, 2.75) is 19.4 Å². The zero-order chi connectivity index (χ0) is 9.26. The normalized spacial score (nSPS) is 29.0. The molecule has 0 aliphatic carbocycles. The van der Waals surface area contributed by atoms with Crippen LogP contribution in [0, 0.1) is 0 Å². The molecule has 2 aliphatic heterocycles. The average molecular weight is 183 g/mol. The number of fused-ring (bicyclic) bond motifs is 1. The monoisotopic (exact) mass is 183 g/mol. The van der Waals surface area contributed by atoms with Crippen molar-refractivity contribution >= 4 is 6.03 Å². The minimum Gasteiger partial charge on any atom is -0.325 e. The predicted molar refractivity (Wildman–Crippen MR) is 50.6 cm³/mol. The maximum atomic E-state index is 11.8. The lowest BCUT2D eigenvalue weighted by atomic mass is 10.1. The molecule has 0 aromatic heterocycles. The van der Waals surface area contributed by atoms with E-state index in [-0.39, 0.29) is 6.03 Å². The number of carbonyl (C=O) groups is 1. The van der Waals surface area contributed by atoms with Gasteiger partial charge >= 0.3 is 6.03 Å². The van der Waals surface area contributed by atoms with Crippen LogP contribution in [0.5, 0.6) is 0 Å². The summed E-state index contributed by atoms with van der Waals surface area (Å²) in [5.41, 5.74) is 0. The van der Waals surface area contributed by atoms with E-state index in [1.165, 1.54) is 0 Å². The largest absolute Gasteiger partial charge is 0.325 e. The number of rotatable bonds is 1. The number of piperazine rings is 1. The summed E-state index contributed by atoms with van der Waals surface area (Å²) in [5.74, 6) is 0. The van der Waals surface area contributed by atoms with E-state index in [4.69, 9.17) is 0 Å².